The van der Waals surface area contributed by atoms with Crippen LogP contribution in [0.3, 0.4) is 0 Å². The van der Waals surface area contributed by atoms with Gasteiger partial charge in [-0.2, -0.15) is 0 Å². The lowest BCUT2D eigenvalue weighted by Crippen LogP contribution is -2.30. The van der Waals surface area contributed by atoms with Crippen molar-refractivity contribution in [1.82, 2.24) is 5.32 Å². The summed E-state index contributed by atoms with van der Waals surface area (Å²) in [5.74, 6) is 0. The minimum Gasteiger partial charge on any atom is -0.379 e. The third-order valence-electron chi connectivity index (χ3n) is 2.85. The Morgan fingerprint density at radius 3 is 2.83 bits per heavy atom. The van der Waals surface area contributed by atoms with Crippen LogP contribution in [0.4, 0.5) is 0 Å². The first-order valence-corrected chi connectivity index (χ1v) is 8.99. The first-order valence-electron chi connectivity index (χ1n) is 6.25. The van der Waals surface area contributed by atoms with Crippen molar-refractivity contribution in [2.45, 2.75) is 44.1 Å². The molecule has 0 aromatic heterocycles. The number of hydrogen-bond donors (Lipinski definition) is 2. The van der Waals surface area contributed by atoms with Crippen molar-refractivity contribution in [3.63, 3.8) is 0 Å². The maximum Gasteiger partial charge on any atom is 0.189 e. The minimum absolute atomic E-state index is 0.0396. The molecule has 106 valence electrons. The smallest absolute Gasteiger partial charge is 0.189 e. The first-order chi connectivity index (χ1) is 8.36. The van der Waals surface area contributed by atoms with Gasteiger partial charge in [-0.15, -0.1) is 0 Å². The SMILES string of the molecule is B[C@H]1CC(OP(O)(=S)C(C)C)[C@@H](COCNC)O1. The van der Waals surface area contributed by atoms with E-state index in [1.54, 1.807) is 0 Å². The van der Waals surface area contributed by atoms with Gasteiger partial charge in [0.15, 0.2) is 6.49 Å². The Hall–Kier alpha value is 0.515. The highest BCUT2D eigenvalue weighted by molar-refractivity contribution is 8.09. The summed E-state index contributed by atoms with van der Waals surface area (Å²) >= 11 is 5.17. The molecule has 1 aliphatic rings. The van der Waals surface area contributed by atoms with Crippen molar-refractivity contribution in [2.75, 3.05) is 20.4 Å². The average molecular weight is 295 g/mol. The molecule has 1 heterocycles. The number of rotatable bonds is 7. The lowest BCUT2D eigenvalue weighted by Gasteiger charge is -2.26. The van der Waals surface area contributed by atoms with Crippen molar-refractivity contribution in [2.24, 2.45) is 0 Å². The molecule has 18 heavy (non-hydrogen) atoms. The van der Waals surface area contributed by atoms with Crippen molar-refractivity contribution < 1.29 is 18.9 Å². The quantitative estimate of drug-likeness (QED) is 0.299. The van der Waals surface area contributed by atoms with Crippen LogP contribution in [0.1, 0.15) is 20.3 Å². The van der Waals surface area contributed by atoms with Crippen LogP contribution in [-0.4, -0.2) is 57.0 Å². The molecule has 1 rings (SSSR count). The van der Waals surface area contributed by atoms with Gasteiger partial charge in [0.25, 0.3) is 0 Å². The molecular formula is C10H23BNO4PS. The standard InChI is InChI=1S/C10H23BNO4PS/c1-7(2)17(13,18)16-8-4-10(11)15-9(8)5-14-6-12-3/h7-10,12H,4-6,11H2,1-3H3,(H,13,18)/t8?,9-,10-,17?/m1/s1. The van der Waals surface area contributed by atoms with E-state index in [0.717, 1.165) is 6.42 Å². The van der Waals surface area contributed by atoms with Crippen LogP contribution >= 0.6 is 6.49 Å². The van der Waals surface area contributed by atoms with E-state index in [9.17, 15) is 4.89 Å². The predicted molar refractivity (Wildman–Crippen MR) is 78.2 cm³/mol. The largest absolute Gasteiger partial charge is 0.379 e. The topological polar surface area (TPSA) is 60.0 Å². The highest BCUT2D eigenvalue weighted by Crippen LogP contribution is 2.50. The summed E-state index contributed by atoms with van der Waals surface area (Å²) < 4.78 is 16.9. The third kappa shape index (κ3) is 4.89. The van der Waals surface area contributed by atoms with Gasteiger partial charge in [-0.25, -0.2) is 0 Å². The van der Waals surface area contributed by atoms with E-state index in [2.05, 4.69) is 5.32 Å². The van der Waals surface area contributed by atoms with E-state index in [1.165, 1.54) is 0 Å². The Balaban J connectivity index is 2.53. The molecule has 1 fully saturated rings. The van der Waals surface area contributed by atoms with E-state index >= 15 is 0 Å². The second-order valence-electron chi connectivity index (χ2n) is 4.89. The molecule has 2 unspecified atom stereocenters. The summed E-state index contributed by atoms with van der Waals surface area (Å²) in [6, 6.07) is 0.111. The van der Waals surface area contributed by atoms with Gasteiger partial charge < -0.3 is 18.9 Å². The van der Waals surface area contributed by atoms with Gasteiger partial charge in [0.2, 0.25) is 0 Å². The highest BCUT2D eigenvalue weighted by atomic mass is 32.5. The van der Waals surface area contributed by atoms with Gasteiger partial charge >= 0.3 is 0 Å². The van der Waals surface area contributed by atoms with Crippen molar-refractivity contribution in [3.8, 4) is 0 Å². The van der Waals surface area contributed by atoms with E-state index in [1.807, 2.05) is 28.7 Å². The van der Waals surface area contributed by atoms with Gasteiger partial charge in [-0.1, -0.05) is 13.8 Å². The summed E-state index contributed by atoms with van der Waals surface area (Å²) in [6.07, 6.45) is 0.427. The maximum absolute atomic E-state index is 10.1. The summed E-state index contributed by atoms with van der Waals surface area (Å²) in [7, 11) is 3.81. The molecule has 2 N–H and O–H groups in total. The average Bonchev–Trinajstić information content (AvgIpc) is 2.58. The number of ether oxygens (including phenoxy) is 2. The minimum atomic E-state index is -2.73. The molecule has 0 bridgehead atoms. The molecule has 1 aliphatic heterocycles. The highest BCUT2D eigenvalue weighted by Gasteiger charge is 2.37. The van der Waals surface area contributed by atoms with Gasteiger partial charge in [0.1, 0.15) is 14.0 Å². The number of nitrogens with one attached hydrogen (secondary N) is 1. The molecule has 1 saturated heterocycles. The second kappa shape index (κ2) is 7.34. The molecule has 0 saturated carbocycles. The molecule has 0 aliphatic carbocycles. The van der Waals surface area contributed by atoms with Crippen LogP contribution in [0.15, 0.2) is 0 Å². The number of hydrogen-bond acceptors (Lipinski definition) is 5. The fraction of sp³-hybridized carbons (Fsp3) is 1.00. The predicted octanol–water partition coefficient (Wildman–Crippen LogP) is 0.0234. The lowest BCUT2D eigenvalue weighted by molar-refractivity contribution is -0.0272. The van der Waals surface area contributed by atoms with Crippen LogP contribution in [0.5, 0.6) is 0 Å². The fourth-order valence-corrected chi connectivity index (χ4v) is 2.96. The zero-order chi connectivity index (χ0) is 13.8. The molecule has 4 atom stereocenters. The van der Waals surface area contributed by atoms with Crippen LogP contribution in [0.2, 0.25) is 0 Å². The first kappa shape index (κ1) is 16.6. The molecule has 8 heteroatoms. The van der Waals surface area contributed by atoms with Crippen molar-refractivity contribution in [1.29, 1.82) is 0 Å². The lowest BCUT2D eigenvalue weighted by atomic mass is 9.96. The van der Waals surface area contributed by atoms with Crippen LogP contribution in [0, 0.1) is 0 Å². The van der Waals surface area contributed by atoms with E-state index in [4.69, 9.17) is 25.8 Å². The van der Waals surface area contributed by atoms with Gasteiger partial charge in [0, 0.05) is 11.7 Å². The van der Waals surface area contributed by atoms with E-state index in [0.29, 0.717) is 13.3 Å². The van der Waals surface area contributed by atoms with Gasteiger partial charge in [0.05, 0.1) is 19.4 Å². The zero-order valence-electron chi connectivity index (χ0n) is 11.5. The van der Waals surface area contributed by atoms with E-state index < -0.39 is 6.49 Å². The zero-order valence-corrected chi connectivity index (χ0v) is 13.2. The van der Waals surface area contributed by atoms with Gasteiger partial charge in [-0.05, 0) is 25.3 Å². The van der Waals surface area contributed by atoms with E-state index in [-0.39, 0.29) is 23.9 Å². The monoisotopic (exact) mass is 295 g/mol. The Morgan fingerprint density at radius 1 is 1.61 bits per heavy atom. The van der Waals surface area contributed by atoms with Crippen LogP contribution in [-0.2, 0) is 25.8 Å². The molecular weight excluding hydrogens is 272 g/mol. The molecule has 5 nitrogen and oxygen atoms in total. The normalized spacial score (nSPS) is 31.7. The molecule has 0 radical (unpaired) electrons. The molecule has 0 spiro atoms. The van der Waals surface area contributed by atoms with Crippen LogP contribution in [0.25, 0.3) is 0 Å². The Morgan fingerprint density at radius 2 is 2.28 bits per heavy atom. The summed E-state index contributed by atoms with van der Waals surface area (Å²) in [6.45, 7) is 1.95. The maximum atomic E-state index is 10.1. The Kier molecular flexibility index (Phi) is 6.75. The fourth-order valence-electron chi connectivity index (χ4n) is 1.77. The summed E-state index contributed by atoms with van der Waals surface area (Å²) in [5.41, 5.74) is -0.0396. The molecule has 0 aromatic carbocycles. The van der Waals surface area contributed by atoms with Crippen molar-refractivity contribution >= 4 is 26.1 Å². The summed E-state index contributed by atoms with van der Waals surface area (Å²) in [5, 5.41) is 2.90. The third-order valence-corrected chi connectivity index (χ3v) is 6.25. The van der Waals surface area contributed by atoms with Crippen LogP contribution < -0.4 is 5.32 Å². The van der Waals surface area contributed by atoms with Crippen molar-refractivity contribution in [3.05, 3.63) is 0 Å². The second-order valence-corrected chi connectivity index (χ2v) is 8.83. The Bertz CT molecular complexity index is 308. The Labute approximate surface area is 115 Å². The van der Waals surface area contributed by atoms with Gasteiger partial charge in [-0.3, -0.25) is 5.32 Å². The molecule has 0 aromatic rings. The molecule has 0 amide bonds. The summed E-state index contributed by atoms with van der Waals surface area (Å²) in [4.78, 5) is 10.1.